The summed E-state index contributed by atoms with van der Waals surface area (Å²) in [5, 5.41) is 21.7. The minimum absolute atomic E-state index is 0.170. The van der Waals surface area contributed by atoms with Gasteiger partial charge in [-0.25, -0.2) is 9.78 Å². The van der Waals surface area contributed by atoms with Crippen molar-refractivity contribution in [2.75, 3.05) is 11.9 Å². The molecule has 19 heavy (non-hydrogen) atoms. The fourth-order valence-corrected chi connectivity index (χ4v) is 2.66. The third-order valence-corrected chi connectivity index (χ3v) is 3.89. The maximum absolute atomic E-state index is 11.1. The zero-order valence-electron chi connectivity index (χ0n) is 10.5. The number of carboxylic acids is 1. The Morgan fingerprint density at radius 2 is 2.11 bits per heavy atom. The summed E-state index contributed by atoms with van der Waals surface area (Å²) in [4.78, 5) is 15.2. The number of aromatic carboxylic acids is 1. The van der Waals surface area contributed by atoms with Crippen LogP contribution < -0.4 is 5.32 Å². The van der Waals surface area contributed by atoms with Crippen LogP contribution in [-0.2, 0) is 0 Å². The van der Waals surface area contributed by atoms with Crippen LogP contribution in [0.3, 0.4) is 0 Å². The molecule has 0 bridgehead atoms. The van der Waals surface area contributed by atoms with Gasteiger partial charge in [-0.05, 0) is 53.6 Å². The van der Waals surface area contributed by atoms with Crippen molar-refractivity contribution in [3.63, 3.8) is 0 Å². The van der Waals surface area contributed by atoms with Crippen LogP contribution in [0.1, 0.15) is 36.0 Å². The lowest BCUT2D eigenvalue weighted by molar-refractivity contribution is 0.0697. The van der Waals surface area contributed by atoms with Gasteiger partial charge in [-0.15, -0.1) is 0 Å². The average Bonchev–Trinajstić information content (AvgIpc) is 2.39. The molecule has 0 aromatic carbocycles. The monoisotopic (exact) mass is 328 g/mol. The van der Waals surface area contributed by atoms with Crippen LogP contribution in [0.5, 0.6) is 0 Å². The van der Waals surface area contributed by atoms with Crippen molar-refractivity contribution < 1.29 is 15.0 Å². The quantitative estimate of drug-likeness (QED) is 0.791. The number of anilines is 1. The maximum atomic E-state index is 11.1. The van der Waals surface area contributed by atoms with Crippen molar-refractivity contribution in [1.82, 2.24) is 4.98 Å². The lowest BCUT2D eigenvalue weighted by atomic mass is 9.87. The minimum atomic E-state index is -0.990. The molecule has 1 aliphatic carbocycles. The molecule has 2 rings (SSSR count). The Labute approximate surface area is 120 Å². The molecule has 1 saturated carbocycles. The zero-order chi connectivity index (χ0) is 13.8. The standard InChI is InChI=1S/C13H17BrN2O3/c14-9-5-11(13(18)19)12(16-7-9)15-6-8-1-3-10(17)4-2-8/h5,7-8,10,17H,1-4,6H2,(H,15,16)(H,18,19). The van der Waals surface area contributed by atoms with Gasteiger partial charge in [0.05, 0.1) is 6.10 Å². The number of aliphatic hydroxyl groups excluding tert-OH is 1. The summed E-state index contributed by atoms with van der Waals surface area (Å²) in [6, 6.07) is 1.54. The molecule has 1 fully saturated rings. The van der Waals surface area contributed by atoms with Gasteiger partial charge in [0.25, 0.3) is 0 Å². The Hall–Kier alpha value is -1.14. The molecule has 0 radical (unpaired) electrons. The van der Waals surface area contributed by atoms with E-state index in [1.165, 1.54) is 0 Å². The third-order valence-electron chi connectivity index (χ3n) is 3.46. The van der Waals surface area contributed by atoms with Gasteiger partial charge in [-0.3, -0.25) is 0 Å². The van der Waals surface area contributed by atoms with Gasteiger partial charge in [0.1, 0.15) is 11.4 Å². The van der Waals surface area contributed by atoms with E-state index in [4.69, 9.17) is 5.11 Å². The Balaban J connectivity index is 1.97. The van der Waals surface area contributed by atoms with E-state index in [0.29, 0.717) is 22.8 Å². The Kier molecular flexibility index (Phi) is 4.76. The van der Waals surface area contributed by atoms with Gasteiger partial charge >= 0.3 is 5.97 Å². The van der Waals surface area contributed by atoms with E-state index < -0.39 is 5.97 Å². The molecule has 3 N–H and O–H groups in total. The van der Waals surface area contributed by atoms with E-state index in [9.17, 15) is 9.90 Å². The molecule has 6 heteroatoms. The predicted octanol–water partition coefficient (Wildman–Crippen LogP) is 2.51. The smallest absolute Gasteiger partial charge is 0.339 e. The highest BCUT2D eigenvalue weighted by Gasteiger charge is 2.20. The summed E-state index contributed by atoms with van der Waals surface area (Å²) in [6.07, 6.45) is 4.99. The second kappa shape index (κ2) is 6.34. The number of rotatable bonds is 4. The molecule has 1 aliphatic rings. The number of carbonyl (C=O) groups is 1. The number of aromatic nitrogens is 1. The molecule has 0 unspecified atom stereocenters. The van der Waals surface area contributed by atoms with Crippen LogP contribution in [0.15, 0.2) is 16.7 Å². The first-order chi connectivity index (χ1) is 9.06. The van der Waals surface area contributed by atoms with Gasteiger partial charge < -0.3 is 15.5 Å². The van der Waals surface area contributed by atoms with Crippen LogP contribution in [0.25, 0.3) is 0 Å². The lowest BCUT2D eigenvalue weighted by Crippen LogP contribution is -2.24. The summed E-state index contributed by atoms with van der Waals surface area (Å²) in [5.74, 6) is -0.118. The van der Waals surface area contributed by atoms with E-state index in [1.807, 2.05) is 0 Å². The van der Waals surface area contributed by atoms with E-state index in [1.54, 1.807) is 12.3 Å². The highest BCUT2D eigenvalue weighted by atomic mass is 79.9. The first-order valence-electron chi connectivity index (χ1n) is 6.37. The number of hydrogen-bond acceptors (Lipinski definition) is 4. The van der Waals surface area contributed by atoms with Gasteiger partial charge in [-0.1, -0.05) is 0 Å². The topological polar surface area (TPSA) is 82.5 Å². The number of carboxylic acid groups (broad SMARTS) is 1. The van der Waals surface area contributed by atoms with Crippen molar-refractivity contribution in [3.8, 4) is 0 Å². The number of nitrogens with zero attached hydrogens (tertiary/aromatic N) is 1. The molecule has 0 spiro atoms. The molecule has 0 aliphatic heterocycles. The second-order valence-corrected chi connectivity index (χ2v) is 5.83. The van der Waals surface area contributed by atoms with E-state index in [-0.39, 0.29) is 11.7 Å². The minimum Gasteiger partial charge on any atom is -0.478 e. The summed E-state index contributed by atoms with van der Waals surface area (Å²) in [5.41, 5.74) is 0.171. The molecule has 0 saturated heterocycles. The Morgan fingerprint density at radius 3 is 2.74 bits per heavy atom. The van der Waals surface area contributed by atoms with Gasteiger partial charge in [0, 0.05) is 17.2 Å². The van der Waals surface area contributed by atoms with Gasteiger partial charge in [0.15, 0.2) is 0 Å². The molecule has 0 atom stereocenters. The first-order valence-corrected chi connectivity index (χ1v) is 7.16. The van der Waals surface area contributed by atoms with E-state index in [0.717, 1.165) is 25.7 Å². The van der Waals surface area contributed by atoms with Crippen molar-refractivity contribution in [3.05, 3.63) is 22.3 Å². The van der Waals surface area contributed by atoms with Crippen LogP contribution >= 0.6 is 15.9 Å². The average molecular weight is 329 g/mol. The normalized spacial score (nSPS) is 23.1. The molecule has 1 aromatic heterocycles. The van der Waals surface area contributed by atoms with Crippen LogP contribution in [0, 0.1) is 5.92 Å². The van der Waals surface area contributed by atoms with Crippen LogP contribution in [-0.4, -0.2) is 33.8 Å². The van der Waals surface area contributed by atoms with Gasteiger partial charge in [-0.2, -0.15) is 0 Å². The fourth-order valence-electron chi connectivity index (χ4n) is 2.33. The maximum Gasteiger partial charge on any atom is 0.339 e. The van der Waals surface area contributed by atoms with Gasteiger partial charge in [0.2, 0.25) is 0 Å². The summed E-state index contributed by atoms with van der Waals surface area (Å²) < 4.78 is 0.649. The van der Waals surface area contributed by atoms with Crippen molar-refractivity contribution in [1.29, 1.82) is 0 Å². The first kappa shape index (κ1) is 14.3. The van der Waals surface area contributed by atoms with E-state index >= 15 is 0 Å². The molecule has 1 aromatic rings. The number of halogens is 1. The molecule has 1 heterocycles. The molecule has 0 amide bonds. The lowest BCUT2D eigenvalue weighted by Gasteiger charge is -2.25. The molecular weight excluding hydrogens is 312 g/mol. The molecule has 104 valence electrons. The number of hydrogen-bond donors (Lipinski definition) is 3. The van der Waals surface area contributed by atoms with Crippen LogP contribution in [0.4, 0.5) is 5.82 Å². The predicted molar refractivity (Wildman–Crippen MR) is 75.4 cm³/mol. The summed E-state index contributed by atoms with van der Waals surface area (Å²) in [6.45, 7) is 0.696. The van der Waals surface area contributed by atoms with Crippen molar-refractivity contribution >= 4 is 27.7 Å². The Morgan fingerprint density at radius 1 is 1.42 bits per heavy atom. The molecule has 5 nitrogen and oxygen atoms in total. The van der Waals surface area contributed by atoms with Crippen LogP contribution in [0.2, 0.25) is 0 Å². The Bertz CT molecular complexity index is 459. The number of pyridine rings is 1. The second-order valence-electron chi connectivity index (χ2n) is 4.91. The zero-order valence-corrected chi connectivity index (χ0v) is 12.1. The fraction of sp³-hybridized carbons (Fsp3) is 0.538. The largest absolute Gasteiger partial charge is 0.478 e. The third kappa shape index (κ3) is 3.91. The highest BCUT2D eigenvalue weighted by Crippen LogP contribution is 2.25. The summed E-state index contributed by atoms with van der Waals surface area (Å²) >= 11 is 3.22. The number of aliphatic hydroxyl groups is 1. The van der Waals surface area contributed by atoms with E-state index in [2.05, 4.69) is 26.2 Å². The highest BCUT2D eigenvalue weighted by molar-refractivity contribution is 9.10. The van der Waals surface area contributed by atoms with Crippen molar-refractivity contribution in [2.24, 2.45) is 5.92 Å². The summed E-state index contributed by atoms with van der Waals surface area (Å²) in [7, 11) is 0. The number of nitrogens with one attached hydrogen (secondary N) is 1. The SMILES string of the molecule is O=C(O)c1cc(Br)cnc1NCC1CCC(O)CC1. The molecular formula is C13H17BrN2O3. The van der Waals surface area contributed by atoms with Crippen molar-refractivity contribution in [2.45, 2.75) is 31.8 Å².